The van der Waals surface area contributed by atoms with Crippen molar-refractivity contribution in [2.75, 3.05) is 5.32 Å². The number of halogens is 1. The number of rotatable bonds is 5. The van der Waals surface area contributed by atoms with Crippen LogP contribution in [0.15, 0.2) is 39.3 Å². The molecule has 0 aliphatic heterocycles. The van der Waals surface area contributed by atoms with E-state index in [2.05, 4.69) is 26.4 Å². The number of carbonyl (C=O) groups is 2. The quantitative estimate of drug-likeness (QED) is 0.820. The van der Waals surface area contributed by atoms with Gasteiger partial charge in [0.05, 0.1) is 5.56 Å². The third-order valence-electron chi connectivity index (χ3n) is 2.85. The molecule has 1 aromatic heterocycles. The zero-order chi connectivity index (χ0) is 16.1. The van der Waals surface area contributed by atoms with Crippen molar-refractivity contribution in [1.29, 1.82) is 0 Å². The topological polar surface area (TPSA) is 81.4 Å². The molecule has 1 amide bonds. The first kappa shape index (κ1) is 16.2. The number of esters is 1. The summed E-state index contributed by atoms with van der Waals surface area (Å²) >= 11 is 3.28. The minimum absolute atomic E-state index is 0.291. The molecule has 6 nitrogen and oxygen atoms in total. The molecule has 0 aliphatic rings. The first-order valence-corrected chi connectivity index (χ1v) is 7.49. The standard InChI is InChI=1S/C15H15BrN2O4/c1-3-12(14(19)17-13-7-9(2)22-18-13)21-15(20)10-5-4-6-11(16)8-10/h4-8,12H,3H2,1-2H3,(H,17,18,19)/t12-/m0/s1. The first-order chi connectivity index (χ1) is 10.5. The van der Waals surface area contributed by atoms with E-state index in [-0.39, 0.29) is 0 Å². The molecule has 0 saturated heterocycles. The van der Waals surface area contributed by atoms with Gasteiger partial charge in [-0.1, -0.05) is 34.1 Å². The highest BCUT2D eigenvalue weighted by Gasteiger charge is 2.23. The lowest BCUT2D eigenvalue weighted by molar-refractivity contribution is -0.124. The van der Waals surface area contributed by atoms with E-state index in [9.17, 15) is 9.59 Å². The number of benzene rings is 1. The SMILES string of the molecule is CC[C@H](OC(=O)c1cccc(Br)c1)C(=O)Nc1cc(C)on1. The Morgan fingerprint density at radius 3 is 2.77 bits per heavy atom. The molecule has 1 N–H and O–H groups in total. The number of nitrogens with zero attached hydrogens (tertiary/aromatic N) is 1. The largest absolute Gasteiger partial charge is 0.449 e. The van der Waals surface area contributed by atoms with E-state index >= 15 is 0 Å². The Labute approximate surface area is 135 Å². The molecular formula is C15H15BrN2O4. The third-order valence-corrected chi connectivity index (χ3v) is 3.35. The first-order valence-electron chi connectivity index (χ1n) is 6.70. The van der Waals surface area contributed by atoms with Gasteiger partial charge in [0.2, 0.25) is 0 Å². The van der Waals surface area contributed by atoms with Crippen LogP contribution in [0.3, 0.4) is 0 Å². The maximum Gasteiger partial charge on any atom is 0.338 e. The second-order valence-electron chi connectivity index (χ2n) is 4.62. The molecule has 2 aromatic rings. The molecular weight excluding hydrogens is 352 g/mol. The molecule has 0 aliphatic carbocycles. The maximum atomic E-state index is 12.1. The molecule has 0 fully saturated rings. The number of carbonyl (C=O) groups excluding carboxylic acids is 2. The Morgan fingerprint density at radius 1 is 1.41 bits per heavy atom. The monoisotopic (exact) mass is 366 g/mol. The summed E-state index contributed by atoms with van der Waals surface area (Å²) in [5, 5.41) is 6.22. The fourth-order valence-electron chi connectivity index (χ4n) is 1.77. The summed E-state index contributed by atoms with van der Waals surface area (Å²) in [5.41, 5.74) is 0.373. The summed E-state index contributed by atoms with van der Waals surface area (Å²) in [7, 11) is 0. The Balaban J connectivity index is 2.02. The van der Waals surface area contributed by atoms with Crippen molar-refractivity contribution in [3.63, 3.8) is 0 Å². The number of aromatic nitrogens is 1. The molecule has 0 spiro atoms. The number of anilines is 1. The zero-order valence-corrected chi connectivity index (χ0v) is 13.7. The summed E-state index contributed by atoms with van der Waals surface area (Å²) in [5.74, 6) is -0.132. The smallest absolute Gasteiger partial charge is 0.338 e. The fraction of sp³-hybridized carbons (Fsp3) is 0.267. The zero-order valence-electron chi connectivity index (χ0n) is 12.1. The second kappa shape index (κ2) is 7.22. The average molecular weight is 367 g/mol. The van der Waals surface area contributed by atoms with Crippen molar-refractivity contribution in [3.8, 4) is 0 Å². The van der Waals surface area contributed by atoms with Crippen molar-refractivity contribution in [2.45, 2.75) is 26.4 Å². The molecule has 1 heterocycles. The molecule has 1 atom stereocenters. The van der Waals surface area contributed by atoms with E-state index in [1.54, 1.807) is 44.2 Å². The van der Waals surface area contributed by atoms with Gasteiger partial charge in [0.25, 0.3) is 5.91 Å². The third kappa shape index (κ3) is 4.17. The number of aryl methyl sites for hydroxylation is 1. The van der Waals surface area contributed by atoms with Gasteiger partial charge >= 0.3 is 5.97 Å². The van der Waals surface area contributed by atoms with Crippen LogP contribution in [0.1, 0.15) is 29.5 Å². The van der Waals surface area contributed by atoms with Gasteiger partial charge in [-0.05, 0) is 31.5 Å². The number of ether oxygens (including phenoxy) is 1. The van der Waals surface area contributed by atoms with E-state index in [4.69, 9.17) is 9.26 Å². The number of nitrogens with one attached hydrogen (secondary N) is 1. The van der Waals surface area contributed by atoms with Crippen LogP contribution in [0.4, 0.5) is 5.82 Å². The van der Waals surface area contributed by atoms with E-state index in [1.165, 1.54) is 0 Å². The Bertz CT molecular complexity index is 684. The lowest BCUT2D eigenvalue weighted by atomic mass is 10.2. The van der Waals surface area contributed by atoms with Crippen LogP contribution in [0.2, 0.25) is 0 Å². The second-order valence-corrected chi connectivity index (χ2v) is 5.54. The van der Waals surface area contributed by atoms with Crippen LogP contribution in [0.25, 0.3) is 0 Å². The summed E-state index contributed by atoms with van der Waals surface area (Å²) in [4.78, 5) is 24.2. The molecule has 116 valence electrons. The predicted molar refractivity (Wildman–Crippen MR) is 83.5 cm³/mol. The molecule has 0 bridgehead atoms. The molecule has 2 rings (SSSR count). The normalized spacial score (nSPS) is 11.8. The Morgan fingerprint density at radius 2 is 2.18 bits per heavy atom. The predicted octanol–water partition coefficient (Wildman–Crippen LogP) is 3.32. The lowest BCUT2D eigenvalue weighted by Gasteiger charge is -2.15. The Kier molecular flexibility index (Phi) is 5.32. The van der Waals surface area contributed by atoms with Crippen molar-refractivity contribution in [1.82, 2.24) is 5.16 Å². The van der Waals surface area contributed by atoms with Crippen LogP contribution in [-0.4, -0.2) is 23.1 Å². The number of hydrogen-bond acceptors (Lipinski definition) is 5. The number of amides is 1. The molecule has 1 aromatic carbocycles. The van der Waals surface area contributed by atoms with Crippen LogP contribution in [-0.2, 0) is 9.53 Å². The fourth-order valence-corrected chi connectivity index (χ4v) is 2.17. The van der Waals surface area contributed by atoms with Gasteiger partial charge in [0.15, 0.2) is 11.9 Å². The van der Waals surface area contributed by atoms with Crippen LogP contribution < -0.4 is 5.32 Å². The van der Waals surface area contributed by atoms with Gasteiger partial charge in [-0.25, -0.2) is 4.79 Å². The molecule has 0 unspecified atom stereocenters. The minimum Gasteiger partial charge on any atom is -0.449 e. The molecule has 0 saturated carbocycles. The summed E-state index contributed by atoms with van der Waals surface area (Å²) in [6, 6.07) is 8.36. The van der Waals surface area contributed by atoms with Crippen LogP contribution in [0, 0.1) is 6.92 Å². The summed E-state index contributed by atoms with van der Waals surface area (Å²) < 4.78 is 10.9. The van der Waals surface area contributed by atoms with Gasteiger partial charge in [-0.2, -0.15) is 0 Å². The van der Waals surface area contributed by atoms with Crippen molar-refractivity contribution in [3.05, 3.63) is 46.1 Å². The highest BCUT2D eigenvalue weighted by atomic mass is 79.9. The van der Waals surface area contributed by atoms with Gasteiger partial charge in [0, 0.05) is 10.5 Å². The summed E-state index contributed by atoms with van der Waals surface area (Å²) in [6.07, 6.45) is -0.550. The highest BCUT2D eigenvalue weighted by Crippen LogP contribution is 2.15. The van der Waals surface area contributed by atoms with Gasteiger partial charge in [-0.3, -0.25) is 4.79 Å². The van der Waals surface area contributed by atoms with Gasteiger partial charge in [-0.15, -0.1) is 0 Å². The van der Waals surface area contributed by atoms with E-state index in [0.717, 1.165) is 4.47 Å². The molecule has 0 radical (unpaired) electrons. The lowest BCUT2D eigenvalue weighted by Crippen LogP contribution is -2.32. The van der Waals surface area contributed by atoms with E-state index in [1.807, 2.05) is 0 Å². The van der Waals surface area contributed by atoms with Gasteiger partial charge in [0.1, 0.15) is 5.76 Å². The van der Waals surface area contributed by atoms with Crippen LogP contribution >= 0.6 is 15.9 Å². The molecule has 22 heavy (non-hydrogen) atoms. The highest BCUT2D eigenvalue weighted by molar-refractivity contribution is 9.10. The minimum atomic E-state index is -0.900. The Hall–Kier alpha value is -2.15. The van der Waals surface area contributed by atoms with E-state index < -0.39 is 18.0 Å². The van der Waals surface area contributed by atoms with Crippen molar-refractivity contribution < 1.29 is 18.8 Å². The summed E-state index contributed by atoms with van der Waals surface area (Å²) in [6.45, 7) is 3.47. The average Bonchev–Trinajstić information content (AvgIpc) is 2.89. The molecule has 7 heteroatoms. The maximum absolute atomic E-state index is 12.1. The van der Waals surface area contributed by atoms with Gasteiger partial charge < -0.3 is 14.6 Å². The van der Waals surface area contributed by atoms with E-state index in [0.29, 0.717) is 23.6 Å². The van der Waals surface area contributed by atoms with Crippen LogP contribution in [0.5, 0.6) is 0 Å². The van der Waals surface area contributed by atoms with Crippen molar-refractivity contribution in [2.24, 2.45) is 0 Å². The van der Waals surface area contributed by atoms with Crippen molar-refractivity contribution >= 4 is 33.6 Å². The number of hydrogen-bond donors (Lipinski definition) is 1.